The molecule has 0 radical (unpaired) electrons. The van der Waals surface area contributed by atoms with Crippen LogP contribution in [0.2, 0.25) is 0 Å². The van der Waals surface area contributed by atoms with Crippen LogP contribution in [0.25, 0.3) is 0 Å². The third-order valence-corrected chi connectivity index (χ3v) is 6.83. The third-order valence-electron chi connectivity index (χ3n) is 6.83. The first-order chi connectivity index (χ1) is 18.2. The highest BCUT2D eigenvalue weighted by Crippen LogP contribution is 2.25. The topological polar surface area (TPSA) is 108 Å². The zero-order valence-corrected chi connectivity index (χ0v) is 23.8. The van der Waals surface area contributed by atoms with Crippen molar-refractivity contribution >= 4 is 17.9 Å². The Hall–Kier alpha value is -2.61. The van der Waals surface area contributed by atoms with Gasteiger partial charge >= 0.3 is 6.09 Å². The summed E-state index contributed by atoms with van der Waals surface area (Å²) in [7, 11) is 0. The zero-order chi connectivity index (χ0) is 28.0. The van der Waals surface area contributed by atoms with Crippen LogP contribution in [0.3, 0.4) is 0 Å². The lowest BCUT2D eigenvalue weighted by Gasteiger charge is -2.35. The van der Waals surface area contributed by atoms with E-state index in [0.29, 0.717) is 12.1 Å². The minimum atomic E-state index is -1.22. The predicted octanol–water partition coefficient (Wildman–Crippen LogP) is 5.25. The number of carbonyl (C=O) groups is 3. The van der Waals surface area contributed by atoms with Crippen molar-refractivity contribution in [2.24, 2.45) is 0 Å². The monoisotopic (exact) mass is 531 g/mol. The summed E-state index contributed by atoms with van der Waals surface area (Å²) in [6.07, 6.45) is 10.6. The summed E-state index contributed by atoms with van der Waals surface area (Å²) in [6, 6.07) is 7.28. The van der Waals surface area contributed by atoms with Gasteiger partial charge in [0.25, 0.3) is 0 Å². The Bertz CT molecular complexity index is 849. The lowest BCUT2D eigenvalue weighted by atomic mass is 9.94. The number of unbranched alkanes of at least 4 members (excludes halogenated alkanes) is 5. The van der Waals surface area contributed by atoms with E-state index in [9.17, 15) is 19.5 Å². The average Bonchev–Trinajstić information content (AvgIpc) is 2.88. The molecule has 0 heterocycles. The molecule has 2 atom stereocenters. The van der Waals surface area contributed by atoms with Gasteiger partial charge in [0.1, 0.15) is 17.7 Å². The number of hydrogen-bond donors (Lipinski definition) is 3. The van der Waals surface area contributed by atoms with Crippen molar-refractivity contribution in [2.45, 2.75) is 122 Å². The lowest BCUT2D eigenvalue weighted by Crippen LogP contribution is -2.55. The average molecular weight is 532 g/mol. The minimum Gasteiger partial charge on any atom is -0.444 e. The molecule has 0 bridgehead atoms. The van der Waals surface area contributed by atoms with Crippen molar-refractivity contribution in [1.29, 1.82) is 0 Å². The molecule has 8 nitrogen and oxygen atoms in total. The summed E-state index contributed by atoms with van der Waals surface area (Å²) in [5.41, 5.74) is -0.0493. The molecule has 1 fully saturated rings. The van der Waals surface area contributed by atoms with Crippen LogP contribution in [-0.4, -0.2) is 58.8 Å². The van der Waals surface area contributed by atoms with Crippen LogP contribution < -0.4 is 10.6 Å². The number of benzene rings is 1. The number of rotatable bonds is 14. The standard InChI is InChI=1S/C30H49N3O5/c1-5-6-7-8-9-16-21-33(28(36)25(22-34)32-29(37)38-30(2,3)4)26(23-17-12-10-13-18-23)27(35)31-24-19-14-11-15-20-24/h10,12-13,17-18,24-26,34H,5-9,11,14-16,19-22H2,1-4H3,(H,31,35)(H,32,37). The van der Waals surface area contributed by atoms with Crippen molar-refractivity contribution in [3.05, 3.63) is 35.9 Å². The van der Waals surface area contributed by atoms with E-state index in [2.05, 4.69) is 17.6 Å². The van der Waals surface area contributed by atoms with Crippen LogP contribution in [0.4, 0.5) is 4.79 Å². The number of aliphatic hydroxyl groups is 1. The largest absolute Gasteiger partial charge is 0.444 e. The second-order valence-corrected chi connectivity index (χ2v) is 11.3. The highest BCUT2D eigenvalue weighted by molar-refractivity contribution is 5.92. The van der Waals surface area contributed by atoms with Crippen LogP contribution in [-0.2, 0) is 14.3 Å². The summed E-state index contributed by atoms with van der Waals surface area (Å²) in [5.74, 6) is -0.726. The van der Waals surface area contributed by atoms with Crippen LogP contribution in [0, 0.1) is 0 Å². The molecule has 0 aliphatic heterocycles. The molecule has 38 heavy (non-hydrogen) atoms. The normalized spacial score (nSPS) is 15.8. The number of alkyl carbamates (subject to hydrolysis) is 1. The number of hydrogen-bond acceptors (Lipinski definition) is 5. The molecular weight excluding hydrogens is 482 g/mol. The molecular formula is C30H49N3O5. The van der Waals surface area contributed by atoms with Crippen LogP contribution in [0.1, 0.15) is 110 Å². The molecule has 3 N–H and O–H groups in total. The second-order valence-electron chi connectivity index (χ2n) is 11.3. The number of aliphatic hydroxyl groups excluding tert-OH is 1. The first kappa shape index (κ1) is 31.6. The Kier molecular flexibility index (Phi) is 13.6. The van der Waals surface area contributed by atoms with E-state index in [1.165, 1.54) is 17.7 Å². The molecule has 214 valence electrons. The highest BCUT2D eigenvalue weighted by Gasteiger charge is 2.36. The minimum absolute atomic E-state index is 0.0852. The summed E-state index contributed by atoms with van der Waals surface area (Å²) in [4.78, 5) is 41.6. The predicted molar refractivity (Wildman–Crippen MR) is 150 cm³/mol. The van der Waals surface area contributed by atoms with Crippen molar-refractivity contribution in [3.8, 4) is 0 Å². The van der Waals surface area contributed by atoms with Crippen molar-refractivity contribution in [3.63, 3.8) is 0 Å². The van der Waals surface area contributed by atoms with Crippen molar-refractivity contribution in [1.82, 2.24) is 15.5 Å². The van der Waals surface area contributed by atoms with E-state index >= 15 is 0 Å². The van der Waals surface area contributed by atoms with E-state index in [4.69, 9.17) is 4.74 Å². The van der Waals surface area contributed by atoms with E-state index < -0.39 is 36.3 Å². The molecule has 1 aliphatic rings. The van der Waals surface area contributed by atoms with Gasteiger partial charge < -0.3 is 25.4 Å². The van der Waals surface area contributed by atoms with E-state index in [0.717, 1.165) is 57.8 Å². The summed E-state index contributed by atoms with van der Waals surface area (Å²) in [5, 5.41) is 15.8. The first-order valence-corrected chi connectivity index (χ1v) is 14.4. The second kappa shape index (κ2) is 16.4. The molecule has 1 aromatic rings. The van der Waals surface area contributed by atoms with Gasteiger partial charge in [0.2, 0.25) is 11.8 Å². The van der Waals surface area contributed by atoms with E-state index in [1.807, 2.05) is 30.3 Å². The first-order valence-electron chi connectivity index (χ1n) is 14.4. The summed E-state index contributed by atoms with van der Waals surface area (Å²) in [6.45, 7) is 7.10. The van der Waals surface area contributed by atoms with Crippen LogP contribution in [0.5, 0.6) is 0 Å². The SMILES string of the molecule is CCCCCCCCN(C(=O)C(CO)NC(=O)OC(C)(C)C)C(C(=O)NC1CCCCC1)c1ccccc1. The maximum absolute atomic E-state index is 13.9. The smallest absolute Gasteiger partial charge is 0.408 e. The molecule has 2 rings (SSSR count). The van der Waals surface area contributed by atoms with E-state index in [1.54, 1.807) is 20.8 Å². The molecule has 3 amide bonds. The Morgan fingerprint density at radius 3 is 2.24 bits per heavy atom. The van der Waals surface area contributed by atoms with Gasteiger partial charge in [-0.15, -0.1) is 0 Å². The van der Waals surface area contributed by atoms with Crippen molar-refractivity contribution in [2.75, 3.05) is 13.2 Å². The van der Waals surface area contributed by atoms with Crippen LogP contribution >= 0.6 is 0 Å². The van der Waals surface area contributed by atoms with Crippen molar-refractivity contribution < 1.29 is 24.2 Å². The Balaban J connectivity index is 2.31. The van der Waals surface area contributed by atoms with Gasteiger partial charge in [-0.3, -0.25) is 9.59 Å². The molecule has 1 aromatic carbocycles. The zero-order valence-electron chi connectivity index (χ0n) is 23.8. The molecule has 8 heteroatoms. The molecule has 0 saturated heterocycles. The van der Waals surface area contributed by atoms with Gasteiger partial charge in [-0.2, -0.15) is 0 Å². The maximum atomic E-state index is 13.9. The quantitative estimate of drug-likeness (QED) is 0.284. The highest BCUT2D eigenvalue weighted by atomic mass is 16.6. The molecule has 0 spiro atoms. The van der Waals surface area contributed by atoms with Gasteiger partial charge in [-0.05, 0) is 45.6 Å². The Morgan fingerprint density at radius 1 is 1.00 bits per heavy atom. The molecule has 1 saturated carbocycles. The molecule has 1 aliphatic carbocycles. The molecule has 2 unspecified atom stereocenters. The van der Waals surface area contributed by atoms with Gasteiger partial charge in [-0.1, -0.05) is 88.6 Å². The molecule has 0 aromatic heterocycles. The van der Waals surface area contributed by atoms with Gasteiger partial charge in [0, 0.05) is 12.6 Å². The Morgan fingerprint density at radius 2 is 1.63 bits per heavy atom. The number of amides is 3. The fourth-order valence-corrected chi connectivity index (χ4v) is 4.90. The number of nitrogens with zero attached hydrogens (tertiary/aromatic N) is 1. The number of ether oxygens (including phenoxy) is 1. The lowest BCUT2D eigenvalue weighted by molar-refractivity contribution is -0.143. The third kappa shape index (κ3) is 11.0. The van der Waals surface area contributed by atoms with E-state index in [-0.39, 0.29) is 11.9 Å². The Labute approximate surface area is 228 Å². The summed E-state index contributed by atoms with van der Waals surface area (Å²) < 4.78 is 5.32. The fourth-order valence-electron chi connectivity index (χ4n) is 4.90. The fraction of sp³-hybridized carbons (Fsp3) is 0.700. The van der Waals surface area contributed by atoms with Gasteiger partial charge in [0.05, 0.1) is 6.61 Å². The van der Waals surface area contributed by atoms with Crippen LogP contribution in [0.15, 0.2) is 30.3 Å². The summed E-state index contributed by atoms with van der Waals surface area (Å²) >= 11 is 0. The van der Waals surface area contributed by atoms with Gasteiger partial charge in [-0.25, -0.2) is 4.79 Å². The van der Waals surface area contributed by atoms with Gasteiger partial charge in [0.15, 0.2) is 0 Å². The number of carbonyl (C=O) groups excluding carboxylic acids is 3. The number of nitrogens with one attached hydrogen (secondary N) is 2. The maximum Gasteiger partial charge on any atom is 0.408 e.